The molecule has 0 saturated carbocycles. The van der Waals surface area contributed by atoms with Crippen molar-refractivity contribution in [2.75, 3.05) is 19.6 Å². The highest BCUT2D eigenvalue weighted by molar-refractivity contribution is 9.10. The molecule has 0 atom stereocenters. The summed E-state index contributed by atoms with van der Waals surface area (Å²) in [7, 11) is 0. The average molecular weight is 347 g/mol. The Morgan fingerprint density at radius 3 is 2.71 bits per heavy atom. The maximum absolute atomic E-state index is 12.5. The monoisotopic (exact) mass is 346 g/mol. The van der Waals surface area contributed by atoms with Crippen molar-refractivity contribution in [3.8, 4) is 0 Å². The lowest BCUT2D eigenvalue weighted by molar-refractivity contribution is -0.120. The predicted molar refractivity (Wildman–Crippen MR) is 85.2 cm³/mol. The summed E-state index contributed by atoms with van der Waals surface area (Å²) in [6, 6.07) is 11.7. The summed E-state index contributed by atoms with van der Waals surface area (Å²) in [5, 5.41) is 4.91. The lowest BCUT2D eigenvalue weighted by Gasteiger charge is -2.19. The molecule has 0 unspecified atom stereocenters. The van der Waals surface area contributed by atoms with Crippen molar-refractivity contribution in [1.82, 2.24) is 10.2 Å². The van der Waals surface area contributed by atoms with Crippen LogP contribution in [0.15, 0.2) is 40.9 Å². The summed E-state index contributed by atoms with van der Waals surface area (Å²) in [4.78, 5) is 25.6. The number of hydrogen-bond donors (Lipinski definition) is 1. The van der Waals surface area contributed by atoms with Gasteiger partial charge in [0.25, 0.3) is 5.91 Å². The third kappa shape index (κ3) is 3.08. The lowest BCUT2D eigenvalue weighted by atomic mass is 10.1. The van der Waals surface area contributed by atoms with Gasteiger partial charge in [-0.15, -0.1) is 0 Å². The lowest BCUT2D eigenvalue weighted by Crippen LogP contribution is -2.34. The van der Waals surface area contributed by atoms with Crippen molar-refractivity contribution in [3.63, 3.8) is 0 Å². The number of fused-ring (bicyclic) bond motifs is 1. The van der Waals surface area contributed by atoms with E-state index in [-0.39, 0.29) is 11.8 Å². The van der Waals surface area contributed by atoms with Crippen LogP contribution in [0.3, 0.4) is 0 Å². The molecule has 1 fully saturated rings. The number of carbonyl (C=O) groups excluding carboxylic acids is 2. The van der Waals surface area contributed by atoms with E-state index in [4.69, 9.17) is 0 Å². The maximum atomic E-state index is 12.5. The van der Waals surface area contributed by atoms with Gasteiger partial charge >= 0.3 is 0 Å². The zero-order chi connectivity index (χ0) is 14.8. The molecule has 1 saturated heterocycles. The molecule has 21 heavy (non-hydrogen) atoms. The first kappa shape index (κ1) is 14.1. The van der Waals surface area contributed by atoms with Crippen LogP contribution < -0.4 is 5.32 Å². The number of carbonyl (C=O) groups is 2. The second-order valence-corrected chi connectivity index (χ2v) is 6.01. The Hall–Kier alpha value is -1.88. The number of amides is 2. The van der Waals surface area contributed by atoms with E-state index >= 15 is 0 Å². The minimum absolute atomic E-state index is 0.00802. The second-order valence-electron chi connectivity index (χ2n) is 5.10. The van der Waals surface area contributed by atoms with Crippen LogP contribution in [0.1, 0.15) is 16.8 Å². The Kier molecular flexibility index (Phi) is 3.92. The molecular weight excluding hydrogens is 332 g/mol. The van der Waals surface area contributed by atoms with E-state index in [2.05, 4.69) is 21.2 Å². The Labute approximate surface area is 131 Å². The quantitative estimate of drug-likeness (QED) is 0.862. The topological polar surface area (TPSA) is 49.4 Å². The van der Waals surface area contributed by atoms with E-state index in [1.165, 1.54) is 0 Å². The molecule has 1 aliphatic rings. The molecule has 1 N–H and O–H groups in total. The molecule has 1 heterocycles. The van der Waals surface area contributed by atoms with Gasteiger partial charge < -0.3 is 10.2 Å². The van der Waals surface area contributed by atoms with Gasteiger partial charge in [0.15, 0.2) is 0 Å². The van der Waals surface area contributed by atoms with Crippen molar-refractivity contribution in [3.05, 3.63) is 46.4 Å². The van der Waals surface area contributed by atoms with Crippen LogP contribution in [0.2, 0.25) is 0 Å². The van der Waals surface area contributed by atoms with Crippen LogP contribution in [-0.4, -0.2) is 36.3 Å². The number of halogens is 1. The summed E-state index contributed by atoms with van der Waals surface area (Å²) in [6.07, 6.45) is 0.367. The predicted octanol–water partition coefficient (Wildman–Crippen LogP) is 2.56. The molecule has 2 aromatic carbocycles. The van der Waals surface area contributed by atoms with E-state index in [0.717, 1.165) is 15.2 Å². The average Bonchev–Trinajstić information content (AvgIpc) is 2.70. The Bertz CT molecular complexity index is 714. The second kappa shape index (κ2) is 5.85. The van der Waals surface area contributed by atoms with Gasteiger partial charge in [-0.1, -0.05) is 28.1 Å². The van der Waals surface area contributed by atoms with Crippen LogP contribution in [0.4, 0.5) is 0 Å². The fourth-order valence-electron chi connectivity index (χ4n) is 2.50. The third-order valence-electron chi connectivity index (χ3n) is 3.65. The molecule has 4 nitrogen and oxygen atoms in total. The maximum Gasteiger partial charge on any atom is 0.253 e. The van der Waals surface area contributed by atoms with Crippen molar-refractivity contribution < 1.29 is 9.59 Å². The summed E-state index contributed by atoms with van der Waals surface area (Å²) < 4.78 is 1.02. The Balaban J connectivity index is 1.87. The highest BCUT2D eigenvalue weighted by atomic mass is 79.9. The van der Waals surface area contributed by atoms with Crippen LogP contribution in [-0.2, 0) is 4.79 Å². The first-order chi connectivity index (χ1) is 10.1. The standard InChI is InChI=1S/C16H15BrN2O2/c17-14-4-3-11-9-13(2-1-12(11)10-14)16(21)19-7-5-15(20)18-6-8-19/h1-4,9-10H,5-8H2,(H,18,20). The molecule has 5 heteroatoms. The summed E-state index contributed by atoms with van der Waals surface area (Å²) in [5.74, 6) is -0.00928. The van der Waals surface area contributed by atoms with Crippen LogP contribution in [0.25, 0.3) is 10.8 Å². The third-order valence-corrected chi connectivity index (χ3v) is 4.14. The van der Waals surface area contributed by atoms with Gasteiger partial charge in [0.1, 0.15) is 0 Å². The van der Waals surface area contributed by atoms with E-state index in [1.54, 1.807) is 4.90 Å². The smallest absolute Gasteiger partial charge is 0.253 e. The first-order valence-electron chi connectivity index (χ1n) is 6.89. The summed E-state index contributed by atoms with van der Waals surface area (Å²) in [5.41, 5.74) is 0.666. The molecule has 2 amide bonds. The van der Waals surface area contributed by atoms with E-state index in [9.17, 15) is 9.59 Å². The largest absolute Gasteiger partial charge is 0.354 e. The molecule has 1 aliphatic heterocycles. The minimum Gasteiger partial charge on any atom is -0.354 e. The zero-order valence-electron chi connectivity index (χ0n) is 11.4. The summed E-state index contributed by atoms with van der Waals surface area (Å²) >= 11 is 3.44. The molecule has 108 valence electrons. The zero-order valence-corrected chi connectivity index (χ0v) is 13.0. The van der Waals surface area contributed by atoms with Crippen molar-refractivity contribution >= 4 is 38.5 Å². The number of benzene rings is 2. The first-order valence-corrected chi connectivity index (χ1v) is 7.68. The minimum atomic E-state index is -0.0173. The molecule has 0 bridgehead atoms. The Morgan fingerprint density at radius 1 is 1.10 bits per heavy atom. The van der Waals surface area contributed by atoms with Gasteiger partial charge in [-0.05, 0) is 35.0 Å². The highest BCUT2D eigenvalue weighted by Crippen LogP contribution is 2.21. The van der Waals surface area contributed by atoms with Gasteiger partial charge in [0.2, 0.25) is 5.91 Å². The molecule has 0 spiro atoms. The molecule has 3 rings (SSSR count). The van der Waals surface area contributed by atoms with Gasteiger partial charge in [-0.25, -0.2) is 0 Å². The van der Waals surface area contributed by atoms with Crippen molar-refractivity contribution in [2.45, 2.75) is 6.42 Å². The fraction of sp³-hybridized carbons (Fsp3) is 0.250. The van der Waals surface area contributed by atoms with E-state index in [1.807, 2.05) is 36.4 Å². The van der Waals surface area contributed by atoms with Gasteiger partial charge in [-0.2, -0.15) is 0 Å². The normalized spacial score (nSPS) is 15.7. The SMILES string of the molecule is O=C1CCN(C(=O)c2ccc3cc(Br)ccc3c2)CCN1. The van der Waals surface area contributed by atoms with Crippen molar-refractivity contribution in [1.29, 1.82) is 0 Å². The number of hydrogen-bond acceptors (Lipinski definition) is 2. The molecule has 0 aromatic heterocycles. The van der Waals surface area contributed by atoms with Crippen LogP contribution >= 0.6 is 15.9 Å². The van der Waals surface area contributed by atoms with Gasteiger partial charge in [-0.3, -0.25) is 9.59 Å². The Morgan fingerprint density at radius 2 is 1.86 bits per heavy atom. The number of nitrogens with zero attached hydrogens (tertiary/aromatic N) is 1. The molecule has 0 radical (unpaired) electrons. The fourth-order valence-corrected chi connectivity index (χ4v) is 2.88. The van der Waals surface area contributed by atoms with Gasteiger partial charge in [0, 0.05) is 36.1 Å². The van der Waals surface area contributed by atoms with Crippen LogP contribution in [0, 0.1) is 0 Å². The molecule has 0 aliphatic carbocycles. The number of rotatable bonds is 1. The number of nitrogens with one attached hydrogen (secondary N) is 1. The van der Waals surface area contributed by atoms with E-state index in [0.29, 0.717) is 31.6 Å². The van der Waals surface area contributed by atoms with Crippen molar-refractivity contribution in [2.24, 2.45) is 0 Å². The summed E-state index contributed by atoms with van der Waals surface area (Å²) in [6.45, 7) is 1.55. The molecular formula is C16H15BrN2O2. The molecule has 2 aromatic rings. The van der Waals surface area contributed by atoms with Gasteiger partial charge in [0.05, 0.1) is 0 Å². The highest BCUT2D eigenvalue weighted by Gasteiger charge is 2.19. The van der Waals surface area contributed by atoms with E-state index < -0.39 is 0 Å². The van der Waals surface area contributed by atoms with Crippen LogP contribution in [0.5, 0.6) is 0 Å².